The van der Waals surface area contributed by atoms with Gasteiger partial charge in [0.2, 0.25) is 0 Å². The minimum absolute atomic E-state index is 0.508. The molecule has 1 fully saturated rings. The number of nitriles is 1. The van der Waals surface area contributed by atoms with E-state index < -0.39 is 0 Å². The van der Waals surface area contributed by atoms with Crippen molar-refractivity contribution in [1.82, 2.24) is 4.98 Å². The minimum Gasteiger partial charge on any atom is -0.368 e. The maximum atomic E-state index is 9.15. The highest BCUT2D eigenvalue weighted by Gasteiger charge is 2.19. The van der Waals surface area contributed by atoms with E-state index in [1.807, 2.05) is 18.2 Å². The number of benzene rings is 1. The first-order valence-corrected chi connectivity index (χ1v) is 7.68. The summed E-state index contributed by atoms with van der Waals surface area (Å²) in [6.07, 6.45) is 1.67. The molecule has 1 aliphatic heterocycles. The maximum Gasteiger partial charge on any atom is 0.163 e. The Morgan fingerprint density at radius 3 is 2.52 bits per heavy atom. The molecule has 0 atom stereocenters. The summed E-state index contributed by atoms with van der Waals surface area (Å²) in [4.78, 5) is 8.74. The van der Waals surface area contributed by atoms with E-state index in [9.17, 15) is 0 Å². The topological polar surface area (TPSA) is 43.2 Å². The molecular weight excluding hydrogens is 328 g/mol. The number of hydrogen-bond acceptors (Lipinski definition) is 4. The lowest BCUT2D eigenvalue weighted by Crippen LogP contribution is -2.46. The quantitative estimate of drug-likeness (QED) is 0.841. The first-order valence-electron chi connectivity index (χ1n) is 6.88. The molecule has 1 saturated heterocycles. The van der Waals surface area contributed by atoms with Gasteiger partial charge in [0, 0.05) is 42.5 Å². The molecule has 0 bridgehead atoms. The number of nitrogens with zero attached hydrogens (tertiary/aromatic N) is 4. The van der Waals surface area contributed by atoms with Gasteiger partial charge in [-0.2, -0.15) is 5.26 Å². The molecule has 2 heterocycles. The zero-order valence-corrected chi connectivity index (χ0v) is 13.1. The second-order valence-corrected chi connectivity index (χ2v) is 5.85. The van der Waals surface area contributed by atoms with E-state index in [1.54, 1.807) is 6.20 Å². The van der Waals surface area contributed by atoms with Gasteiger partial charge in [-0.15, -0.1) is 0 Å². The minimum atomic E-state index is 0.508. The molecule has 0 spiro atoms. The number of hydrogen-bond donors (Lipinski definition) is 0. The smallest absolute Gasteiger partial charge is 0.163 e. The fourth-order valence-electron chi connectivity index (χ4n) is 2.62. The SMILES string of the molecule is N#Cc1ncccc1N1CCN(c2cccc(Br)c2)CC1. The van der Waals surface area contributed by atoms with E-state index in [2.05, 4.69) is 55.0 Å². The lowest BCUT2D eigenvalue weighted by atomic mass is 10.2. The highest BCUT2D eigenvalue weighted by molar-refractivity contribution is 9.10. The van der Waals surface area contributed by atoms with Gasteiger partial charge in [0.1, 0.15) is 6.07 Å². The number of anilines is 2. The van der Waals surface area contributed by atoms with Crippen molar-refractivity contribution in [2.24, 2.45) is 0 Å². The average Bonchev–Trinajstić information content (AvgIpc) is 2.55. The molecule has 0 aliphatic carbocycles. The molecule has 1 aliphatic rings. The lowest BCUT2D eigenvalue weighted by molar-refractivity contribution is 0.652. The van der Waals surface area contributed by atoms with Gasteiger partial charge in [-0.25, -0.2) is 4.98 Å². The summed E-state index contributed by atoms with van der Waals surface area (Å²) in [6, 6.07) is 14.4. The Morgan fingerprint density at radius 1 is 1.05 bits per heavy atom. The van der Waals surface area contributed by atoms with Crippen molar-refractivity contribution in [3.05, 3.63) is 52.8 Å². The molecule has 21 heavy (non-hydrogen) atoms. The van der Waals surface area contributed by atoms with Gasteiger partial charge in [0.05, 0.1) is 5.69 Å². The van der Waals surface area contributed by atoms with Crippen LogP contribution in [0.15, 0.2) is 47.1 Å². The first kappa shape index (κ1) is 13.9. The van der Waals surface area contributed by atoms with Gasteiger partial charge < -0.3 is 9.80 Å². The van der Waals surface area contributed by atoms with Crippen molar-refractivity contribution in [3.8, 4) is 6.07 Å². The van der Waals surface area contributed by atoms with Gasteiger partial charge in [0.15, 0.2) is 5.69 Å². The summed E-state index contributed by atoms with van der Waals surface area (Å²) < 4.78 is 1.10. The van der Waals surface area contributed by atoms with Crippen molar-refractivity contribution >= 4 is 27.3 Å². The number of aromatic nitrogens is 1. The average molecular weight is 343 g/mol. The molecule has 0 radical (unpaired) electrons. The van der Waals surface area contributed by atoms with Gasteiger partial charge in [-0.05, 0) is 30.3 Å². The van der Waals surface area contributed by atoms with Gasteiger partial charge in [0.25, 0.3) is 0 Å². The van der Waals surface area contributed by atoms with Crippen LogP contribution in [0.5, 0.6) is 0 Å². The Labute approximate surface area is 132 Å². The predicted octanol–water partition coefficient (Wildman–Crippen LogP) is 3.04. The Hall–Kier alpha value is -2.06. The zero-order valence-electron chi connectivity index (χ0n) is 11.5. The summed E-state index contributed by atoms with van der Waals surface area (Å²) >= 11 is 3.51. The largest absolute Gasteiger partial charge is 0.368 e. The van der Waals surface area contributed by atoms with Crippen molar-refractivity contribution in [2.45, 2.75) is 0 Å². The molecule has 0 N–H and O–H groups in total. The summed E-state index contributed by atoms with van der Waals surface area (Å²) in [6.45, 7) is 3.67. The first-order chi connectivity index (χ1) is 10.3. The molecule has 4 nitrogen and oxygen atoms in total. The van der Waals surface area contributed by atoms with Crippen LogP contribution in [0.4, 0.5) is 11.4 Å². The van der Waals surface area contributed by atoms with E-state index in [-0.39, 0.29) is 0 Å². The van der Waals surface area contributed by atoms with Gasteiger partial charge >= 0.3 is 0 Å². The second-order valence-electron chi connectivity index (χ2n) is 4.94. The van der Waals surface area contributed by atoms with E-state index in [0.29, 0.717) is 5.69 Å². The molecule has 1 aromatic heterocycles. The van der Waals surface area contributed by atoms with Crippen LogP contribution in [0.2, 0.25) is 0 Å². The van der Waals surface area contributed by atoms with Crippen LogP contribution >= 0.6 is 15.9 Å². The summed E-state index contributed by atoms with van der Waals surface area (Å²) in [5, 5.41) is 9.15. The molecule has 0 amide bonds. The fraction of sp³-hybridized carbons (Fsp3) is 0.250. The zero-order chi connectivity index (χ0) is 14.7. The molecular formula is C16H15BrN4. The van der Waals surface area contributed by atoms with Crippen LogP contribution in [-0.4, -0.2) is 31.2 Å². The highest BCUT2D eigenvalue weighted by atomic mass is 79.9. The van der Waals surface area contributed by atoms with Crippen LogP contribution in [0.25, 0.3) is 0 Å². The van der Waals surface area contributed by atoms with Crippen molar-refractivity contribution in [3.63, 3.8) is 0 Å². The van der Waals surface area contributed by atoms with Crippen LogP contribution in [-0.2, 0) is 0 Å². The van der Waals surface area contributed by atoms with Crippen LogP contribution < -0.4 is 9.80 Å². The van der Waals surface area contributed by atoms with Crippen molar-refractivity contribution in [2.75, 3.05) is 36.0 Å². The fourth-order valence-corrected chi connectivity index (χ4v) is 3.00. The van der Waals surface area contributed by atoms with Crippen LogP contribution in [0.1, 0.15) is 5.69 Å². The van der Waals surface area contributed by atoms with Gasteiger partial charge in [-0.3, -0.25) is 0 Å². The Morgan fingerprint density at radius 2 is 1.81 bits per heavy atom. The highest BCUT2D eigenvalue weighted by Crippen LogP contribution is 2.24. The third-order valence-corrected chi connectivity index (χ3v) is 4.18. The van der Waals surface area contributed by atoms with E-state index in [4.69, 9.17) is 5.26 Å². The molecule has 1 aromatic carbocycles. The predicted molar refractivity (Wildman–Crippen MR) is 87.5 cm³/mol. The number of rotatable bonds is 2. The normalized spacial score (nSPS) is 14.9. The molecule has 5 heteroatoms. The maximum absolute atomic E-state index is 9.15. The van der Waals surface area contributed by atoms with E-state index in [1.165, 1.54) is 5.69 Å². The molecule has 3 rings (SSSR count). The monoisotopic (exact) mass is 342 g/mol. The van der Waals surface area contributed by atoms with Crippen molar-refractivity contribution in [1.29, 1.82) is 5.26 Å². The molecule has 0 saturated carbocycles. The summed E-state index contributed by atoms with van der Waals surface area (Å²) in [5.74, 6) is 0. The Bertz CT molecular complexity index is 672. The van der Waals surface area contributed by atoms with Gasteiger partial charge in [-0.1, -0.05) is 22.0 Å². The number of halogens is 1. The standard InChI is InChI=1S/C16H15BrN4/c17-13-3-1-4-14(11-13)20-7-9-21(10-8-20)16-5-2-6-19-15(16)12-18/h1-6,11H,7-10H2. The van der Waals surface area contributed by atoms with Crippen molar-refractivity contribution < 1.29 is 0 Å². The van der Waals surface area contributed by atoms with E-state index in [0.717, 1.165) is 36.3 Å². The van der Waals surface area contributed by atoms with Crippen LogP contribution in [0, 0.1) is 11.3 Å². The number of piperazine rings is 1. The third-order valence-electron chi connectivity index (χ3n) is 3.69. The second kappa shape index (κ2) is 6.15. The molecule has 106 valence electrons. The third kappa shape index (κ3) is 3.01. The Balaban J connectivity index is 1.72. The number of pyridine rings is 1. The lowest BCUT2D eigenvalue weighted by Gasteiger charge is -2.37. The van der Waals surface area contributed by atoms with Crippen LogP contribution in [0.3, 0.4) is 0 Å². The summed E-state index contributed by atoms with van der Waals surface area (Å²) in [5.41, 5.74) is 2.68. The van der Waals surface area contributed by atoms with E-state index >= 15 is 0 Å². The Kier molecular flexibility index (Phi) is 4.07. The molecule has 2 aromatic rings. The summed E-state index contributed by atoms with van der Waals surface area (Å²) in [7, 11) is 0. The molecule has 0 unspecified atom stereocenters.